The van der Waals surface area contributed by atoms with Crippen LogP contribution in [0.2, 0.25) is 0 Å². The highest BCUT2D eigenvalue weighted by atomic mass is 16.1. The number of carbonyl (C=O) groups excluding carboxylic acids is 1. The monoisotopic (exact) mass is 250 g/mol. The van der Waals surface area contributed by atoms with Crippen molar-refractivity contribution in [3.05, 3.63) is 0 Å². The first kappa shape index (κ1) is 12.5. The van der Waals surface area contributed by atoms with Gasteiger partial charge in [0, 0.05) is 18.5 Å². The molecule has 1 amide bonds. The molecule has 0 radical (unpaired) electrons. The van der Waals surface area contributed by atoms with Gasteiger partial charge in [-0.05, 0) is 56.3 Å². The van der Waals surface area contributed by atoms with E-state index in [1.807, 2.05) is 0 Å². The summed E-state index contributed by atoms with van der Waals surface area (Å²) in [5, 5.41) is 3.21. The summed E-state index contributed by atoms with van der Waals surface area (Å²) in [5.74, 6) is 2.84. The minimum atomic E-state index is 0.334. The molecule has 3 aliphatic carbocycles. The molecular formula is C15H26N2O. The fraction of sp³-hybridized carbons (Fsp3) is 0.933. The van der Waals surface area contributed by atoms with E-state index in [1.54, 1.807) is 0 Å². The van der Waals surface area contributed by atoms with Gasteiger partial charge in [-0.15, -0.1) is 0 Å². The molecule has 3 aliphatic rings. The lowest BCUT2D eigenvalue weighted by molar-refractivity contribution is -0.126. The quantitative estimate of drug-likeness (QED) is 0.805. The Morgan fingerprint density at radius 1 is 1.11 bits per heavy atom. The Labute approximate surface area is 110 Å². The van der Waals surface area contributed by atoms with Crippen molar-refractivity contribution in [2.45, 2.75) is 57.4 Å². The van der Waals surface area contributed by atoms with Crippen molar-refractivity contribution >= 4 is 5.91 Å². The van der Waals surface area contributed by atoms with Crippen LogP contribution in [0.25, 0.3) is 0 Å². The molecule has 0 saturated heterocycles. The molecule has 0 aromatic rings. The van der Waals surface area contributed by atoms with Gasteiger partial charge in [0.05, 0.1) is 0 Å². The predicted molar refractivity (Wildman–Crippen MR) is 71.9 cm³/mol. The molecule has 5 unspecified atom stereocenters. The van der Waals surface area contributed by atoms with Gasteiger partial charge in [-0.2, -0.15) is 0 Å². The van der Waals surface area contributed by atoms with Crippen molar-refractivity contribution in [2.24, 2.45) is 29.4 Å². The summed E-state index contributed by atoms with van der Waals surface area (Å²) < 4.78 is 0. The van der Waals surface area contributed by atoms with Crippen molar-refractivity contribution in [3.63, 3.8) is 0 Å². The number of hydrogen-bond donors (Lipinski definition) is 2. The van der Waals surface area contributed by atoms with Gasteiger partial charge in [0.1, 0.15) is 0 Å². The highest BCUT2D eigenvalue weighted by molar-refractivity contribution is 5.79. The zero-order valence-electron chi connectivity index (χ0n) is 11.2. The van der Waals surface area contributed by atoms with Crippen LogP contribution in [-0.2, 0) is 4.79 Å². The summed E-state index contributed by atoms with van der Waals surface area (Å²) in [7, 11) is 0. The second-order valence-electron chi connectivity index (χ2n) is 6.82. The van der Waals surface area contributed by atoms with Crippen molar-refractivity contribution in [1.29, 1.82) is 0 Å². The molecule has 0 aromatic heterocycles. The molecule has 3 rings (SSSR count). The molecule has 3 heteroatoms. The number of hydrogen-bond acceptors (Lipinski definition) is 2. The van der Waals surface area contributed by atoms with E-state index < -0.39 is 0 Å². The molecule has 2 bridgehead atoms. The van der Waals surface area contributed by atoms with Crippen LogP contribution in [-0.4, -0.2) is 18.5 Å². The summed E-state index contributed by atoms with van der Waals surface area (Å²) in [6.07, 6.45) is 9.85. The van der Waals surface area contributed by atoms with Gasteiger partial charge in [-0.1, -0.05) is 12.8 Å². The Morgan fingerprint density at radius 2 is 2.00 bits per heavy atom. The first-order valence-corrected chi connectivity index (χ1v) is 7.75. The fourth-order valence-electron chi connectivity index (χ4n) is 4.46. The number of rotatable bonds is 3. The molecule has 0 spiro atoms. The molecule has 3 fully saturated rings. The normalized spacial score (nSPS) is 43.1. The van der Waals surface area contributed by atoms with Crippen LogP contribution in [0, 0.1) is 23.7 Å². The van der Waals surface area contributed by atoms with Gasteiger partial charge in [0.15, 0.2) is 0 Å². The number of nitrogens with two attached hydrogens (primary N) is 1. The molecule has 0 heterocycles. The first-order chi connectivity index (χ1) is 8.72. The van der Waals surface area contributed by atoms with Crippen LogP contribution in [0.3, 0.4) is 0 Å². The molecule has 3 N–H and O–H groups in total. The Hall–Kier alpha value is -0.570. The average Bonchev–Trinajstić information content (AvgIpc) is 2.98. The lowest BCUT2D eigenvalue weighted by Crippen LogP contribution is -2.39. The number of carbonyl (C=O) groups is 1. The summed E-state index contributed by atoms with van der Waals surface area (Å²) in [5.41, 5.74) is 5.99. The van der Waals surface area contributed by atoms with Crippen LogP contribution in [0.4, 0.5) is 0 Å². The van der Waals surface area contributed by atoms with Crippen LogP contribution in [0.5, 0.6) is 0 Å². The van der Waals surface area contributed by atoms with Gasteiger partial charge in [0.2, 0.25) is 5.91 Å². The van der Waals surface area contributed by atoms with Gasteiger partial charge in [-0.25, -0.2) is 0 Å². The molecule has 0 aromatic carbocycles. The van der Waals surface area contributed by atoms with Crippen LogP contribution in [0.15, 0.2) is 0 Å². The fourth-order valence-corrected chi connectivity index (χ4v) is 4.46. The van der Waals surface area contributed by atoms with Crippen molar-refractivity contribution < 1.29 is 4.79 Å². The standard InChI is InChI=1S/C15H26N2O/c16-13-3-1-2-11(7-13)9-17-15(18)14-8-10-4-5-12(14)6-10/h10-14H,1-9,16H2,(H,17,18). The van der Waals surface area contributed by atoms with E-state index in [9.17, 15) is 4.79 Å². The van der Waals surface area contributed by atoms with Crippen molar-refractivity contribution in [1.82, 2.24) is 5.32 Å². The number of nitrogens with one attached hydrogen (secondary N) is 1. The van der Waals surface area contributed by atoms with Crippen molar-refractivity contribution in [2.75, 3.05) is 6.54 Å². The van der Waals surface area contributed by atoms with E-state index in [1.165, 1.54) is 32.1 Å². The maximum atomic E-state index is 12.2. The maximum Gasteiger partial charge on any atom is 0.223 e. The summed E-state index contributed by atoms with van der Waals surface area (Å²) in [6.45, 7) is 0.862. The van der Waals surface area contributed by atoms with E-state index in [-0.39, 0.29) is 0 Å². The van der Waals surface area contributed by atoms with E-state index in [2.05, 4.69) is 5.32 Å². The first-order valence-electron chi connectivity index (χ1n) is 7.75. The average molecular weight is 250 g/mol. The topological polar surface area (TPSA) is 55.1 Å². The van der Waals surface area contributed by atoms with Crippen LogP contribution < -0.4 is 11.1 Å². The van der Waals surface area contributed by atoms with Gasteiger partial charge < -0.3 is 11.1 Å². The molecule has 102 valence electrons. The summed E-state index contributed by atoms with van der Waals surface area (Å²) in [4.78, 5) is 12.2. The molecular weight excluding hydrogens is 224 g/mol. The smallest absolute Gasteiger partial charge is 0.223 e. The van der Waals surface area contributed by atoms with Gasteiger partial charge in [0.25, 0.3) is 0 Å². The van der Waals surface area contributed by atoms with Crippen LogP contribution in [0.1, 0.15) is 51.4 Å². The minimum Gasteiger partial charge on any atom is -0.356 e. The molecule has 3 saturated carbocycles. The van der Waals surface area contributed by atoms with E-state index in [0.29, 0.717) is 29.7 Å². The molecule has 3 nitrogen and oxygen atoms in total. The molecule has 0 aliphatic heterocycles. The Balaban J connectivity index is 1.44. The van der Waals surface area contributed by atoms with Crippen LogP contribution >= 0.6 is 0 Å². The largest absolute Gasteiger partial charge is 0.356 e. The zero-order chi connectivity index (χ0) is 12.5. The lowest BCUT2D eigenvalue weighted by Gasteiger charge is -2.28. The number of amides is 1. The molecule has 18 heavy (non-hydrogen) atoms. The minimum absolute atomic E-state index is 0.334. The third-order valence-corrected chi connectivity index (χ3v) is 5.46. The van der Waals surface area contributed by atoms with E-state index >= 15 is 0 Å². The lowest BCUT2D eigenvalue weighted by atomic mass is 9.85. The highest BCUT2D eigenvalue weighted by Gasteiger charge is 2.42. The van der Waals surface area contributed by atoms with E-state index in [0.717, 1.165) is 31.7 Å². The Bertz CT molecular complexity index is 318. The Morgan fingerprint density at radius 3 is 2.67 bits per heavy atom. The third-order valence-electron chi connectivity index (χ3n) is 5.46. The molecule has 5 atom stereocenters. The van der Waals surface area contributed by atoms with E-state index in [4.69, 9.17) is 5.73 Å². The number of fused-ring (bicyclic) bond motifs is 2. The third kappa shape index (κ3) is 2.56. The van der Waals surface area contributed by atoms with Crippen molar-refractivity contribution in [3.8, 4) is 0 Å². The van der Waals surface area contributed by atoms with Gasteiger partial charge in [-0.3, -0.25) is 4.79 Å². The summed E-state index contributed by atoms with van der Waals surface area (Å²) in [6, 6.07) is 0.364. The second kappa shape index (κ2) is 5.20. The highest BCUT2D eigenvalue weighted by Crippen LogP contribution is 2.48. The predicted octanol–water partition coefficient (Wildman–Crippen LogP) is 2.06. The maximum absolute atomic E-state index is 12.2. The Kier molecular flexibility index (Phi) is 3.60. The SMILES string of the molecule is NC1CCCC(CNC(=O)C2CC3CCC2C3)C1. The summed E-state index contributed by atoms with van der Waals surface area (Å²) >= 11 is 0. The van der Waals surface area contributed by atoms with Gasteiger partial charge >= 0.3 is 0 Å². The second-order valence-corrected chi connectivity index (χ2v) is 6.82. The zero-order valence-corrected chi connectivity index (χ0v) is 11.2.